The summed E-state index contributed by atoms with van der Waals surface area (Å²) >= 11 is 0. The van der Waals surface area contributed by atoms with Crippen LogP contribution >= 0.6 is 8.30 Å². The fraction of sp³-hybridized carbons (Fsp3) is 1.00. The van der Waals surface area contributed by atoms with Gasteiger partial charge in [-0.3, -0.25) is 4.67 Å². The van der Waals surface area contributed by atoms with Gasteiger partial charge < -0.3 is 4.52 Å². The van der Waals surface area contributed by atoms with Crippen LogP contribution in [-0.4, -0.2) is 32.0 Å². The van der Waals surface area contributed by atoms with E-state index < -0.39 is 0 Å². The molecule has 1 atom stereocenters. The van der Waals surface area contributed by atoms with Crippen LogP contribution in [0.5, 0.6) is 0 Å². The van der Waals surface area contributed by atoms with Crippen LogP contribution in [0.4, 0.5) is 0 Å². The molecule has 0 aliphatic rings. The maximum Gasteiger partial charge on any atom is 0.100 e. The quantitative estimate of drug-likeness (QED) is 0.566. The smallest absolute Gasteiger partial charge is 0.100 e. The van der Waals surface area contributed by atoms with E-state index in [4.69, 9.17) is 4.52 Å². The molecule has 2 nitrogen and oxygen atoms in total. The molecule has 9 heavy (non-hydrogen) atoms. The van der Waals surface area contributed by atoms with Gasteiger partial charge in [0.2, 0.25) is 0 Å². The lowest BCUT2D eigenvalue weighted by Crippen LogP contribution is -2.05. The summed E-state index contributed by atoms with van der Waals surface area (Å²) in [6, 6.07) is 0. The zero-order valence-electron chi connectivity index (χ0n) is 6.72. The normalized spacial score (nSPS) is 14.3. The van der Waals surface area contributed by atoms with Crippen molar-refractivity contribution in [3.8, 4) is 0 Å². The molecule has 0 aromatic heterocycles. The molecule has 0 fully saturated rings. The maximum atomic E-state index is 5.44. The van der Waals surface area contributed by atoms with Gasteiger partial charge in [0.15, 0.2) is 0 Å². The number of hydrogen-bond donors (Lipinski definition) is 0. The lowest BCUT2D eigenvalue weighted by atomic mass is 10.5. The van der Waals surface area contributed by atoms with E-state index in [1.165, 1.54) is 0 Å². The van der Waals surface area contributed by atoms with E-state index in [0.717, 1.165) is 13.0 Å². The third-order valence-corrected chi connectivity index (χ3v) is 2.73. The lowest BCUT2D eigenvalue weighted by molar-refractivity contribution is 0.330. The lowest BCUT2D eigenvalue weighted by Gasteiger charge is -2.18. The Morgan fingerprint density at radius 2 is 2.00 bits per heavy atom. The van der Waals surface area contributed by atoms with Crippen LogP contribution in [0.3, 0.4) is 0 Å². The van der Waals surface area contributed by atoms with E-state index in [1.807, 2.05) is 14.1 Å². The molecule has 56 valence electrons. The highest BCUT2D eigenvalue weighted by atomic mass is 31.2. The van der Waals surface area contributed by atoms with Gasteiger partial charge in [-0.05, 0) is 27.2 Å². The Kier molecular flexibility index (Phi) is 5.36. The second-order valence-corrected chi connectivity index (χ2v) is 4.13. The molecule has 0 radical (unpaired) electrons. The topological polar surface area (TPSA) is 12.5 Å². The molecule has 0 amide bonds. The Balaban J connectivity index is 3.16. The van der Waals surface area contributed by atoms with E-state index in [2.05, 4.69) is 18.3 Å². The highest BCUT2D eigenvalue weighted by molar-refractivity contribution is 7.49. The Bertz CT molecular complexity index is 68.1. The van der Waals surface area contributed by atoms with Gasteiger partial charge in [-0.15, -0.1) is 0 Å². The molecule has 0 saturated heterocycles. The van der Waals surface area contributed by atoms with Crippen molar-refractivity contribution < 1.29 is 4.52 Å². The van der Waals surface area contributed by atoms with Gasteiger partial charge in [-0.1, -0.05) is 6.92 Å². The molecule has 0 rings (SSSR count). The number of rotatable bonds is 4. The summed E-state index contributed by atoms with van der Waals surface area (Å²) in [5.41, 5.74) is 0. The standard InChI is InChI=1S/C6H16NOP/c1-5-6-8-9(4)7(2)3/h5-6H2,1-4H3. The summed E-state index contributed by atoms with van der Waals surface area (Å²) in [4.78, 5) is 0. The Labute approximate surface area is 59.1 Å². The van der Waals surface area contributed by atoms with Crippen molar-refractivity contribution in [3.05, 3.63) is 0 Å². The molecule has 1 unspecified atom stereocenters. The molecule has 0 bridgehead atoms. The van der Waals surface area contributed by atoms with Crippen molar-refractivity contribution in [2.75, 3.05) is 27.4 Å². The second-order valence-electron chi connectivity index (χ2n) is 2.14. The monoisotopic (exact) mass is 149 g/mol. The molecule has 0 aromatic rings. The van der Waals surface area contributed by atoms with Crippen LogP contribution in [0.15, 0.2) is 0 Å². The van der Waals surface area contributed by atoms with Crippen LogP contribution in [-0.2, 0) is 4.52 Å². The third-order valence-electron chi connectivity index (χ3n) is 1.05. The van der Waals surface area contributed by atoms with E-state index in [0.29, 0.717) is 0 Å². The van der Waals surface area contributed by atoms with Crippen LogP contribution in [0.1, 0.15) is 13.3 Å². The van der Waals surface area contributed by atoms with Crippen LogP contribution < -0.4 is 0 Å². The van der Waals surface area contributed by atoms with Gasteiger partial charge >= 0.3 is 0 Å². The summed E-state index contributed by atoms with van der Waals surface area (Å²) in [6.07, 6.45) is 1.11. The van der Waals surface area contributed by atoms with Gasteiger partial charge in [0.1, 0.15) is 8.30 Å². The molecule has 0 aromatic carbocycles. The highest BCUT2D eigenvalue weighted by Gasteiger charge is 2.01. The molecule has 0 saturated carbocycles. The van der Waals surface area contributed by atoms with Crippen molar-refractivity contribution >= 4 is 8.30 Å². The summed E-state index contributed by atoms with van der Waals surface area (Å²) in [7, 11) is 3.77. The van der Waals surface area contributed by atoms with Crippen LogP contribution in [0.2, 0.25) is 0 Å². The zero-order valence-corrected chi connectivity index (χ0v) is 7.61. The Morgan fingerprint density at radius 3 is 2.33 bits per heavy atom. The first-order valence-corrected chi connectivity index (χ1v) is 4.88. The van der Waals surface area contributed by atoms with E-state index in [-0.39, 0.29) is 8.30 Å². The van der Waals surface area contributed by atoms with Crippen molar-refractivity contribution in [3.63, 3.8) is 0 Å². The Morgan fingerprint density at radius 1 is 1.44 bits per heavy atom. The van der Waals surface area contributed by atoms with Gasteiger partial charge in [0.05, 0.1) is 6.61 Å². The van der Waals surface area contributed by atoms with Crippen molar-refractivity contribution in [1.82, 2.24) is 4.67 Å². The molecule has 0 aliphatic carbocycles. The summed E-state index contributed by atoms with van der Waals surface area (Å²) in [6.45, 7) is 5.13. The minimum atomic E-state index is -0.312. The zero-order chi connectivity index (χ0) is 7.28. The molecular weight excluding hydrogens is 133 g/mol. The highest BCUT2D eigenvalue weighted by Crippen LogP contribution is 2.33. The molecule has 0 aliphatic heterocycles. The van der Waals surface area contributed by atoms with Crippen molar-refractivity contribution in [2.45, 2.75) is 13.3 Å². The van der Waals surface area contributed by atoms with Crippen LogP contribution in [0.25, 0.3) is 0 Å². The van der Waals surface area contributed by atoms with Crippen molar-refractivity contribution in [1.29, 1.82) is 0 Å². The SMILES string of the molecule is CCCOP(C)N(C)C. The number of nitrogens with zero attached hydrogens (tertiary/aromatic N) is 1. The Hall–Kier alpha value is 0.350. The van der Waals surface area contributed by atoms with Gasteiger partial charge in [0, 0.05) is 0 Å². The fourth-order valence-corrected chi connectivity index (χ4v) is 1.02. The minimum absolute atomic E-state index is 0.312. The molecule has 0 spiro atoms. The summed E-state index contributed by atoms with van der Waals surface area (Å²) in [5.74, 6) is 0. The van der Waals surface area contributed by atoms with E-state index in [1.54, 1.807) is 0 Å². The second kappa shape index (κ2) is 5.16. The first kappa shape index (κ1) is 9.35. The van der Waals surface area contributed by atoms with E-state index >= 15 is 0 Å². The first-order chi connectivity index (χ1) is 4.18. The maximum absolute atomic E-state index is 5.44. The summed E-state index contributed by atoms with van der Waals surface area (Å²) in [5, 5.41) is 0. The molecule has 0 N–H and O–H groups in total. The third kappa shape index (κ3) is 4.83. The predicted octanol–water partition coefficient (Wildman–Crippen LogP) is 1.92. The van der Waals surface area contributed by atoms with Gasteiger partial charge in [-0.2, -0.15) is 0 Å². The van der Waals surface area contributed by atoms with Crippen molar-refractivity contribution in [2.24, 2.45) is 0 Å². The molecular formula is C6H16NOP. The van der Waals surface area contributed by atoms with Crippen LogP contribution in [0, 0.1) is 0 Å². The minimum Gasteiger partial charge on any atom is -0.344 e. The number of hydrogen-bond acceptors (Lipinski definition) is 2. The first-order valence-electron chi connectivity index (χ1n) is 3.22. The predicted molar refractivity (Wildman–Crippen MR) is 42.8 cm³/mol. The largest absolute Gasteiger partial charge is 0.344 e. The van der Waals surface area contributed by atoms with E-state index in [9.17, 15) is 0 Å². The van der Waals surface area contributed by atoms with Gasteiger partial charge in [0.25, 0.3) is 0 Å². The fourth-order valence-electron chi connectivity index (χ4n) is 0.339. The average molecular weight is 149 g/mol. The average Bonchev–Trinajstić information content (AvgIpc) is 1.82. The summed E-state index contributed by atoms with van der Waals surface area (Å²) < 4.78 is 7.56. The molecule has 3 heteroatoms. The molecule has 0 heterocycles. The van der Waals surface area contributed by atoms with Gasteiger partial charge in [-0.25, -0.2) is 0 Å².